The highest BCUT2D eigenvalue weighted by Gasteiger charge is 2.16. The van der Waals surface area contributed by atoms with Crippen LogP contribution in [0.5, 0.6) is 0 Å². The fourth-order valence-electron chi connectivity index (χ4n) is 2.83. The van der Waals surface area contributed by atoms with Crippen molar-refractivity contribution in [3.8, 4) is 0 Å². The fourth-order valence-corrected chi connectivity index (χ4v) is 2.83. The monoisotopic (exact) mass is 303 g/mol. The molecule has 22 heavy (non-hydrogen) atoms. The number of hydrogen-bond donors (Lipinski definition) is 1. The van der Waals surface area contributed by atoms with Gasteiger partial charge in [0.2, 0.25) is 5.91 Å². The van der Waals surface area contributed by atoms with E-state index >= 15 is 0 Å². The molecule has 120 valence electrons. The van der Waals surface area contributed by atoms with Gasteiger partial charge in [0.25, 0.3) is 0 Å². The number of carbonyl (C=O) groups is 2. The van der Waals surface area contributed by atoms with Crippen LogP contribution >= 0.6 is 0 Å². The highest BCUT2D eigenvalue weighted by molar-refractivity contribution is 5.93. The molecule has 0 aromatic heterocycles. The number of nitrogens with one attached hydrogen (secondary N) is 1. The largest absolute Gasteiger partial charge is 0.462 e. The van der Waals surface area contributed by atoms with Crippen molar-refractivity contribution in [3.63, 3.8) is 0 Å². The van der Waals surface area contributed by atoms with E-state index < -0.39 is 0 Å². The predicted octanol–water partition coefficient (Wildman–Crippen LogP) is 4.16. The van der Waals surface area contributed by atoms with Crippen LogP contribution < -0.4 is 5.32 Å². The van der Waals surface area contributed by atoms with Gasteiger partial charge in [-0.2, -0.15) is 0 Å². The van der Waals surface area contributed by atoms with Crippen LogP contribution in [-0.2, 0) is 9.53 Å². The summed E-state index contributed by atoms with van der Waals surface area (Å²) in [6.45, 7) is 2.38. The third-order valence-corrected chi connectivity index (χ3v) is 4.10. The zero-order valence-electron chi connectivity index (χ0n) is 13.3. The van der Waals surface area contributed by atoms with E-state index in [4.69, 9.17) is 4.74 Å². The third-order valence-electron chi connectivity index (χ3n) is 4.10. The van der Waals surface area contributed by atoms with Crippen molar-refractivity contribution in [2.45, 2.75) is 51.9 Å². The molecule has 1 amide bonds. The number of esters is 1. The second kappa shape index (κ2) is 8.57. The van der Waals surface area contributed by atoms with Crippen LogP contribution in [0.1, 0.15) is 62.2 Å². The molecule has 0 heterocycles. The summed E-state index contributed by atoms with van der Waals surface area (Å²) in [6.07, 6.45) is 7.51. The molecular weight excluding hydrogens is 278 g/mol. The Balaban J connectivity index is 1.77. The van der Waals surface area contributed by atoms with Crippen LogP contribution in [0.2, 0.25) is 0 Å². The molecule has 1 fully saturated rings. The van der Waals surface area contributed by atoms with Crippen molar-refractivity contribution >= 4 is 17.6 Å². The van der Waals surface area contributed by atoms with E-state index in [1.165, 1.54) is 25.7 Å². The van der Waals surface area contributed by atoms with Crippen LogP contribution in [0.4, 0.5) is 5.69 Å². The van der Waals surface area contributed by atoms with Crippen molar-refractivity contribution in [2.75, 3.05) is 11.9 Å². The molecule has 1 aliphatic rings. The Hall–Kier alpha value is -1.84. The molecule has 4 nitrogen and oxygen atoms in total. The Kier molecular flexibility index (Phi) is 6.44. The average molecular weight is 303 g/mol. The van der Waals surface area contributed by atoms with Crippen molar-refractivity contribution < 1.29 is 14.3 Å². The SMILES string of the molecule is CCCOC(=O)c1ccc(NC(=O)CCC2CCCC2)cc1. The van der Waals surface area contributed by atoms with Gasteiger partial charge in [-0.05, 0) is 43.0 Å². The maximum atomic E-state index is 11.9. The summed E-state index contributed by atoms with van der Waals surface area (Å²) in [5, 5.41) is 2.88. The number of rotatable bonds is 7. The number of anilines is 1. The molecule has 1 N–H and O–H groups in total. The number of benzene rings is 1. The second-order valence-corrected chi connectivity index (χ2v) is 5.95. The van der Waals surface area contributed by atoms with E-state index in [0.717, 1.165) is 24.4 Å². The standard InChI is InChI=1S/C18H25NO3/c1-2-13-22-18(21)15-8-10-16(11-9-15)19-17(20)12-7-14-5-3-4-6-14/h8-11,14H,2-7,12-13H2,1H3,(H,19,20). The van der Waals surface area contributed by atoms with E-state index in [-0.39, 0.29) is 11.9 Å². The van der Waals surface area contributed by atoms with E-state index in [1.54, 1.807) is 24.3 Å². The molecule has 1 saturated carbocycles. The molecule has 0 spiro atoms. The minimum absolute atomic E-state index is 0.0493. The quantitative estimate of drug-likeness (QED) is 0.769. The van der Waals surface area contributed by atoms with Gasteiger partial charge < -0.3 is 10.1 Å². The molecule has 0 saturated heterocycles. The third kappa shape index (κ3) is 5.17. The molecule has 0 radical (unpaired) electrons. The number of hydrogen-bond acceptors (Lipinski definition) is 3. The van der Waals surface area contributed by atoms with Crippen LogP contribution in [0, 0.1) is 5.92 Å². The number of carbonyl (C=O) groups excluding carboxylic acids is 2. The summed E-state index contributed by atoms with van der Waals surface area (Å²) >= 11 is 0. The Morgan fingerprint density at radius 1 is 1.18 bits per heavy atom. The van der Waals surface area contributed by atoms with Crippen molar-refractivity contribution in [2.24, 2.45) is 5.92 Å². The lowest BCUT2D eigenvalue weighted by Crippen LogP contribution is -2.13. The van der Waals surface area contributed by atoms with Gasteiger partial charge in [-0.25, -0.2) is 4.79 Å². The van der Waals surface area contributed by atoms with Crippen molar-refractivity contribution in [1.82, 2.24) is 0 Å². The molecule has 1 aliphatic carbocycles. The van der Waals surface area contributed by atoms with E-state index in [0.29, 0.717) is 18.6 Å². The van der Waals surface area contributed by atoms with E-state index in [2.05, 4.69) is 5.32 Å². The van der Waals surface area contributed by atoms with Gasteiger partial charge in [0.1, 0.15) is 0 Å². The molecule has 0 bridgehead atoms. The molecule has 0 aliphatic heterocycles. The van der Waals surface area contributed by atoms with Crippen molar-refractivity contribution in [1.29, 1.82) is 0 Å². The Morgan fingerprint density at radius 3 is 2.50 bits per heavy atom. The summed E-state index contributed by atoms with van der Waals surface area (Å²) in [6, 6.07) is 6.86. The molecular formula is C18H25NO3. The van der Waals surface area contributed by atoms with Gasteiger partial charge in [0.15, 0.2) is 0 Å². The molecule has 1 aromatic carbocycles. The van der Waals surface area contributed by atoms with Crippen LogP contribution in [0.15, 0.2) is 24.3 Å². The molecule has 0 atom stereocenters. The average Bonchev–Trinajstić information content (AvgIpc) is 3.05. The summed E-state index contributed by atoms with van der Waals surface area (Å²) in [4.78, 5) is 23.6. The minimum Gasteiger partial charge on any atom is -0.462 e. The van der Waals surface area contributed by atoms with Gasteiger partial charge >= 0.3 is 5.97 Å². The van der Waals surface area contributed by atoms with Crippen molar-refractivity contribution in [3.05, 3.63) is 29.8 Å². The molecule has 2 rings (SSSR count). The smallest absolute Gasteiger partial charge is 0.338 e. The lowest BCUT2D eigenvalue weighted by molar-refractivity contribution is -0.116. The van der Waals surface area contributed by atoms with Gasteiger partial charge in [0.05, 0.1) is 12.2 Å². The zero-order valence-corrected chi connectivity index (χ0v) is 13.3. The zero-order chi connectivity index (χ0) is 15.8. The predicted molar refractivity (Wildman–Crippen MR) is 86.8 cm³/mol. The lowest BCUT2D eigenvalue weighted by atomic mass is 10.0. The van der Waals surface area contributed by atoms with Crippen LogP contribution in [-0.4, -0.2) is 18.5 Å². The van der Waals surface area contributed by atoms with E-state index in [1.807, 2.05) is 6.92 Å². The first-order chi connectivity index (χ1) is 10.7. The summed E-state index contributed by atoms with van der Waals surface area (Å²) in [5.74, 6) is 0.454. The maximum Gasteiger partial charge on any atom is 0.338 e. The Bertz CT molecular complexity index is 490. The number of amides is 1. The van der Waals surface area contributed by atoms with Gasteiger partial charge in [-0.3, -0.25) is 4.79 Å². The summed E-state index contributed by atoms with van der Waals surface area (Å²) in [5.41, 5.74) is 1.24. The lowest BCUT2D eigenvalue weighted by Gasteiger charge is -2.09. The fraction of sp³-hybridized carbons (Fsp3) is 0.556. The summed E-state index contributed by atoms with van der Waals surface area (Å²) in [7, 11) is 0. The minimum atomic E-state index is -0.319. The first kappa shape index (κ1) is 16.5. The Labute approximate surface area is 132 Å². The normalized spacial score (nSPS) is 14.8. The van der Waals surface area contributed by atoms with Gasteiger partial charge in [-0.15, -0.1) is 0 Å². The van der Waals surface area contributed by atoms with E-state index in [9.17, 15) is 9.59 Å². The summed E-state index contributed by atoms with van der Waals surface area (Å²) < 4.78 is 5.07. The maximum absolute atomic E-state index is 11.9. The highest BCUT2D eigenvalue weighted by atomic mass is 16.5. The molecule has 4 heteroatoms. The number of ether oxygens (including phenoxy) is 1. The second-order valence-electron chi connectivity index (χ2n) is 5.95. The topological polar surface area (TPSA) is 55.4 Å². The Morgan fingerprint density at radius 2 is 1.86 bits per heavy atom. The first-order valence-corrected chi connectivity index (χ1v) is 8.26. The first-order valence-electron chi connectivity index (χ1n) is 8.26. The highest BCUT2D eigenvalue weighted by Crippen LogP contribution is 2.28. The van der Waals surface area contributed by atoms with Gasteiger partial charge in [0, 0.05) is 12.1 Å². The van der Waals surface area contributed by atoms with Gasteiger partial charge in [-0.1, -0.05) is 32.6 Å². The molecule has 0 unspecified atom stereocenters. The van der Waals surface area contributed by atoms with Crippen LogP contribution in [0.3, 0.4) is 0 Å². The molecule has 1 aromatic rings. The van der Waals surface area contributed by atoms with Crippen LogP contribution in [0.25, 0.3) is 0 Å².